The predicted molar refractivity (Wildman–Crippen MR) is 74.9 cm³/mol. The van der Waals surface area contributed by atoms with Crippen molar-refractivity contribution in [2.24, 2.45) is 4.99 Å². The number of hydrogen-bond donors (Lipinski definition) is 0. The van der Waals surface area contributed by atoms with E-state index in [1.165, 1.54) is 5.56 Å². The van der Waals surface area contributed by atoms with Gasteiger partial charge in [0.05, 0.1) is 17.3 Å². The predicted octanol–water partition coefficient (Wildman–Crippen LogP) is 3.63. The number of fused-ring (bicyclic) bond motifs is 2. The minimum Gasteiger partial charge on any atom is -0.256 e. The lowest BCUT2D eigenvalue weighted by molar-refractivity contribution is 1.18. The molecule has 0 bridgehead atoms. The Kier molecular flexibility index (Phi) is 3.45. The highest BCUT2D eigenvalue weighted by molar-refractivity contribution is 5.87. The van der Waals surface area contributed by atoms with Crippen LogP contribution in [0.15, 0.2) is 47.5 Å². The summed E-state index contributed by atoms with van der Waals surface area (Å²) in [6.07, 6.45) is 2.62. The molecular weight excluding hydrogens is 244 g/mol. The minimum atomic E-state index is 0. The summed E-state index contributed by atoms with van der Waals surface area (Å²) >= 11 is 0. The molecule has 0 atom stereocenters. The maximum atomic E-state index is 9.14. The number of rotatable bonds is 0. The average molecular weight is 255 g/mol. The van der Waals surface area contributed by atoms with Crippen molar-refractivity contribution in [1.82, 2.24) is 0 Å². The largest absolute Gasteiger partial charge is 0.256 e. The van der Waals surface area contributed by atoms with Crippen molar-refractivity contribution in [1.29, 1.82) is 5.26 Å². The Morgan fingerprint density at radius 3 is 2.72 bits per heavy atom. The Hall–Kier alpha value is -2.11. The van der Waals surface area contributed by atoms with Crippen LogP contribution in [-0.2, 0) is 6.42 Å². The van der Waals surface area contributed by atoms with Crippen LogP contribution in [0, 0.1) is 11.3 Å². The van der Waals surface area contributed by atoms with Gasteiger partial charge >= 0.3 is 0 Å². The van der Waals surface area contributed by atoms with E-state index in [0.29, 0.717) is 0 Å². The number of halogens is 1. The fraction of sp³-hybridized carbons (Fsp3) is 0.0667. The summed E-state index contributed by atoms with van der Waals surface area (Å²) in [4.78, 5) is 4.47. The van der Waals surface area contributed by atoms with Crippen molar-refractivity contribution in [2.45, 2.75) is 6.42 Å². The van der Waals surface area contributed by atoms with Gasteiger partial charge in [0.1, 0.15) is 0 Å². The van der Waals surface area contributed by atoms with Crippen LogP contribution in [0.25, 0.3) is 0 Å². The van der Waals surface area contributed by atoms with E-state index in [4.69, 9.17) is 5.26 Å². The highest BCUT2D eigenvalue weighted by Gasteiger charge is 2.12. The lowest BCUT2D eigenvalue weighted by Crippen LogP contribution is -1.96. The van der Waals surface area contributed by atoms with Gasteiger partial charge in [-0.3, -0.25) is 4.99 Å². The fourth-order valence-electron chi connectivity index (χ4n) is 2.14. The first-order chi connectivity index (χ1) is 8.38. The summed E-state index contributed by atoms with van der Waals surface area (Å²) in [6.45, 7) is 0. The van der Waals surface area contributed by atoms with E-state index < -0.39 is 0 Å². The molecule has 2 aromatic carbocycles. The molecule has 0 saturated carbocycles. The van der Waals surface area contributed by atoms with Gasteiger partial charge in [-0.15, -0.1) is 12.4 Å². The lowest BCUT2D eigenvalue weighted by atomic mass is 9.96. The Morgan fingerprint density at radius 2 is 1.89 bits per heavy atom. The van der Waals surface area contributed by atoms with Crippen molar-refractivity contribution in [3.8, 4) is 6.07 Å². The molecule has 0 fully saturated rings. The molecule has 3 rings (SSSR count). The zero-order valence-electron chi connectivity index (χ0n) is 9.63. The monoisotopic (exact) mass is 254 g/mol. The molecule has 3 heteroatoms. The van der Waals surface area contributed by atoms with Gasteiger partial charge in [-0.05, 0) is 28.8 Å². The summed E-state index contributed by atoms with van der Waals surface area (Å²) < 4.78 is 0. The molecule has 0 spiro atoms. The van der Waals surface area contributed by atoms with E-state index in [1.807, 2.05) is 42.6 Å². The van der Waals surface area contributed by atoms with Gasteiger partial charge in [-0.25, -0.2) is 0 Å². The number of aliphatic imine (C=N–C) groups is 1. The SMILES string of the molecule is Cl.N#Cc1cccc2c1Cc1ccccc1N=C2. The molecule has 0 aliphatic carbocycles. The van der Waals surface area contributed by atoms with E-state index >= 15 is 0 Å². The van der Waals surface area contributed by atoms with Crippen LogP contribution in [0.2, 0.25) is 0 Å². The van der Waals surface area contributed by atoms with E-state index in [9.17, 15) is 0 Å². The second-order valence-electron chi connectivity index (χ2n) is 4.05. The Morgan fingerprint density at radius 1 is 1.06 bits per heavy atom. The first kappa shape index (κ1) is 12.3. The smallest absolute Gasteiger partial charge is 0.0994 e. The normalized spacial score (nSPS) is 11.5. The Bertz CT molecular complexity index is 654. The first-order valence-corrected chi connectivity index (χ1v) is 5.52. The third-order valence-corrected chi connectivity index (χ3v) is 3.03. The van der Waals surface area contributed by atoms with E-state index in [1.54, 1.807) is 0 Å². The fourth-order valence-corrected chi connectivity index (χ4v) is 2.14. The molecule has 1 heterocycles. The van der Waals surface area contributed by atoms with Gasteiger partial charge in [-0.1, -0.05) is 30.3 Å². The minimum absolute atomic E-state index is 0. The molecule has 0 saturated heterocycles. The molecule has 18 heavy (non-hydrogen) atoms. The molecule has 0 N–H and O–H groups in total. The van der Waals surface area contributed by atoms with Crippen molar-refractivity contribution in [2.75, 3.05) is 0 Å². The van der Waals surface area contributed by atoms with Gasteiger partial charge < -0.3 is 0 Å². The molecule has 1 aliphatic rings. The summed E-state index contributed by atoms with van der Waals surface area (Å²) in [6, 6.07) is 16.1. The van der Waals surface area contributed by atoms with Crippen molar-refractivity contribution in [3.63, 3.8) is 0 Å². The van der Waals surface area contributed by atoms with Crippen LogP contribution in [0.5, 0.6) is 0 Å². The quantitative estimate of drug-likeness (QED) is 0.603. The van der Waals surface area contributed by atoms with E-state index in [0.717, 1.165) is 28.8 Å². The van der Waals surface area contributed by atoms with Crippen molar-refractivity contribution < 1.29 is 0 Å². The zero-order chi connectivity index (χ0) is 11.7. The van der Waals surface area contributed by atoms with Crippen molar-refractivity contribution >= 4 is 24.3 Å². The Labute approximate surface area is 112 Å². The van der Waals surface area contributed by atoms with Gasteiger partial charge in [0.15, 0.2) is 0 Å². The molecule has 0 radical (unpaired) electrons. The number of hydrogen-bond acceptors (Lipinski definition) is 2. The molecule has 88 valence electrons. The van der Waals surface area contributed by atoms with Gasteiger partial charge in [0.25, 0.3) is 0 Å². The lowest BCUT2D eigenvalue weighted by Gasteiger charge is -2.06. The molecule has 2 aromatic rings. The van der Waals surface area contributed by atoms with Crippen LogP contribution in [-0.4, -0.2) is 6.21 Å². The van der Waals surface area contributed by atoms with Crippen LogP contribution in [0.3, 0.4) is 0 Å². The summed E-state index contributed by atoms with van der Waals surface area (Å²) in [5.41, 5.74) is 5.02. The average Bonchev–Trinajstić information content (AvgIpc) is 2.57. The summed E-state index contributed by atoms with van der Waals surface area (Å²) in [5, 5.41) is 9.14. The number of benzene rings is 2. The van der Waals surface area contributed by atoms with Crippen LogP contribution >= 0.6 is 12.4 Å². The number of para-hydroxylation sites is 1. The topological polar surface area (TPSA) is 36.1 Å². The maximum Gasteiger partial charge on any atom is 0.0994 e. The third kappa shape index (κ3) is 2.01. The molecule has 2 nitrogen and oxygen atoms in total. The molecule has 1 aliphatic heterocycles. The molecular formula is C15H11ClN2. The number of nitrogens with zero attached hydrogens (tertiary/aromatic N) is 2. The number of nitriles is 1. The van der Waals surface area contributed by atoms with Crippen LogP contribution < -0.4 is 0 Å². The summed E-state index contributed by atoms with van der Waals surface area (Å²) in [5.74, 6) is 0. The summed E-state index contributed by atoms with van der Waals surface area (Å²) in [7, 11) is 0. The molecule has 0 unspecified atom stereocenters. The van der Waals surface area contributed by atoms with Gasteiger partial charge in [0, 0.05) is 12.6 Å². The van der Waals surface area contributed by atoms with E-state index in [2.05, 4.69) is 17.1 Å². The second-order valence-corrected chi connectivity index (χ2v) is 4.05. The molecule has 0 amide bonds. The zero-order valence-corrected chi connectivity index (χ0v) is 10.4. The van der Waals surface area contributed by atoms with Crippen molar-refractivity contribution in [3.05, 3.63) is 64.7 Å². The highest BCUT2D eigenvalue weighted by atomic mass is 35.5. The van der Waals surface area contributed by atoms with Crippen LogP contribution in [0.4, 0.5) is 5.69 Å². The van der Waals surface area contributed by atoms with Gasteiger partial charge in [-0.2, -0.15) is 5.26 Å². The van der Waals surface area contributed by atoms with Crippen LogP contribution in [0.1, 0.15) is 22.3 Å². The molecule has 0 aromatic heterocycles. The second kappa shape index (κ2) is 5.03. The Balaban J connectivity index is 0.00000120. The van der Waals surface area contributed by atoms with Gasteiger partial charge in [0.2, 0.25) is 0 Å². The maximum absolute atomic E-state index is 9.14. The third-order valence-electron chi connectivity index (χ3n) is 3.03. The first-order valence-electron chi connectivity index (χ1n) is 5.52. The van der Waals surface area contributed by atoms with E-state index in [-0.39, 0.29) is 12.4 Å². The highest BCUT2D eigenvalue weighted by Crippen LogP contribution is 2.27. The standard InChI is InChI=1S/C15H10N2.ClH/c16-9-12-5-3-6-13-10-17-15-7-2-1-4-11(15)8-14(12)13;/h1-7,10H,8H2;1H.